The molecule has 1 aliphatic rings. The summed E-state index contributed by atoms with van der Waals surface area (Å²) >= 11 is 0. The summed E-state index contributed by atoms with van der Waals surface area (Å²) in [5.74, 6) is 0.411. The molecule has 0 amide bonds. The molecule has 0 spiro atoms. The highest BCUT2D eigenvalue weighted by molar-refractivity contribution is 7.76. The van der Waals surface area contributed by atoms with E-state index in [-0.39, 0.29) is 0 Å². The molecule has 1 aromatic heterocycles. The second-order valence-electron chi connectivity index (χ2n) is 6.78. The number of nitrogens with zero attached hydrogens (tertiary/aromatic N) is 2. The van der Waals surface area contributed by atoms with Crippen LogP contribution in [0.4, 0.5) is 0 Å². The van der Waals surface area contributed by atoms with E-state index >= 15 is 0 Å². The molecule has 0 fully saturated rings. The molecule has 1 aliphatic carbocycles. The number of imidazole rings is 1. The van der Waals surface area contributed by atoms with Gasteiger partial charge in [-0.05, 0) is 30.8 Å². The molecule has 0 saturated carbocycles. The van der Waals surface area contributed by atoms with Gasteiger partial charge in [-0.25, -0.2) is 9.13 Å². The molecule has 2 atom stereocenters. The van der Waals surface area contributed by atoms with Gasteiger partial charge in [-0.1, -0.05) is 78.9 Å². The third-order valence-electron chi connectivity index (χ3n) is 4.99. The standard InChI is InChI=1S/C23H24N2P/c1-19(25-17-16-24(2)18-25)22-14-9-15-23(22)26(20-10-5-3-6-11-20)21-12-7-4-8-13-21/h3-19,22H,1-2H3/q+1/t19-,22?/m1/s1. The number of allylic oxidation sites excluding steroid dienone is 4. The fourth-order valence-electron chi connectivity index (χ4n) is 3.61. The third kappa shape index (κ3) is 3.30. The van der Waals surface area contributed by atoms with Crippen molar-refractivity contribution in [1.82, 2.24) is 4.57 Å². The van der Waals surface area contributed by atoms with E-state index in [0.717, 1.165) is 0 Å². The van der Waals surface area contributed by atoms with Crippen molar-refractivity contribution in [2.75, 3.05) is 0 Å². The summed E-state index contributed by atoms with van der Waals surface area (Å²) in [6.45, 7) is 2.32. The Kier molecular flexibility index (Phi) is 4.86. The first-order chi connectivity index (χ1) is 12.7. The van der Waals surface area contributed by atoms with Gasteiger partial charge in [-0.3, -0.25) is 0 Å². The number of hydrogen-bond donors (Lipinski definition) is 0. The minimum atomic E-state index is -0.529. The minimum Gasteiger partial charge on any atom is -0.240 e. The maximum absolute atomic E-state index is 2.36. The SMILES string of the molecule is C[C@H](C1C=CC=C1P(c1ccccc1)c1ccccc1)n1cc[n+](C)c1. The first-order valence-electron chi connectivity index (χ1n) is 9.05. The fraction of sp³-hybridized carbons (Fsp3) is 0.174. The van der Waals surface area contributed by atoms with Crippen LogP contribution in [-0.2, 0) is 7.05 Å². The summed E-state index contributed by atoms with van der Waals surface area (Å²) in [6, 6.07) is 22.3. The Balaban J connectivity index is 1.74. The molecule has 0 aliphatic heterocycles. The summed E-state index contributed by atoms with van der Waals surface area (Å²) in [5, 5.41) is 4.36. The molecular formula is C23H24N2P+. The molecule has 3 heteroatoms. The maximum Gasteiger partial charge on any atom is 0.243 e. The molecule has 3 aromatic rings. The number of hydrogen-bond acceptors (Lipinski definition) is 0. The van der Waals surface area contributed by atoms with Gasteiger partial charge in [0.2, 0.25) is 6.33 Å². The molecule has 1 unspecified atom stereocenters. The molecule has 0 N–H and O–H groups in total. The van der Waals surface area contributed by atoms with Crippen molar-refractivity contribution in [1.29, 1.82) is 0 Å². The largest absolute Gasteiger partial charge is 0.243 e. The van der Waals surface area contributed by atoms with Gasteiger partial charge in [-0.15, -0.1) is 0 Å². The van der Waals surface area contributed by atoms with Crippen molar-refractivity contribution in [2.24, 2.45) is 13.0 Å². The fourth-order valence-corrected chi connectivity index (χ4v) is 6.28. The summed E-state index contributed by atoms with van der Waals surface area (Å²) in [5.41, 5.74) is 0. The summed E-state index contributed by atoms with van der Waals surface area (Å²) < 4.78 is 4.42. The molecule has 0 bridgehead atoms. The van der Waals surface area contributed by atoms with Crippen LogP contribution in [0.25, 0.3) is 0 Å². The van der Waals surface area contributed by atoms with Gasteiger partial charge in [0.05, 0.1) is 7.05 Å². The summed E-state index contributed by atoms with van der Waals surface area (Å²) in [4.78, 5) is 0. The van der Waals surface area contributed by atoms with Crippen LogP contribution in [0.1, 0.15) is 13.0 Å². The zero-order valence-electron chi connectivity index (χ0n) is 15.2. The number of rotatable bonds is 5. The molecule has 2 nitrogen and oxygen atoms in total. The van der Waals surface area contributed by atoms with Crippen LogP contribution in [0, 0.1) is 5.92 Å². The van der Waals surface area contributed by atoms with Gasteiger partial charge in [0.15, 0.2) is 0 Å². The quantitative estimate of drug-likeness (QED) is 0.480. The third-order valence-corrected chi connectivity index (χ3v) is 7.59. The Morgan fingerprint density at radius 2 is 1.58 bits per heavy atom. The van der Waals surface area contributed by atoms with Gasteiger partial charge in [0, 0.05) is 5.92 Å². The van der Waals surface area contributed by atoms with Crippen molar-refractivity contribution >= 4 is 18.5 Å². The van der Waals surface area contributed by atoms with Crippen molar-refractivity contribution in [3.63, 3.8) is 0 Å². The van der Waals surface area contributed by atoms with Crippen LogP contribution in [-0.4, -0.2) is 4.57 Å². The zero-order chi connectivity index (χ0) is 17.9. The Hall–Kier alpha value is -2.44. The van der Waals surface area contributed by atoms with E-state index in [2.05, 4.69) is 121 Å². The van der Waals surface area contributed by atoms with Crippen LogP contribution >= 0.6 is 7.92 Å². The van der Waals surface area contributed by atoms with Crippen molar-refractivity contribution in [2.45, 2.75) is 13.0 Å². The topological polar surface area (TPSA) is 8.81 Å². The van der Waals surface area contributed by atoms with E-state index in [1.165, 1.54) is 15.9 Å². The summed E-state index contributed by atoms with van der Waals surface area (Å²) in [6.07, 6.45) is 13.4. The average molecular weight is 359 g/mol. The van der Waals surface area contributed by atoms with Crippen molar-refractivity contribution < 1.29 is 4.57 Å². The first-order valence-corrected chi connectivity index (χ1v) is 10.4. The van der Waals surface area contributed by atoms with Crippen LogP contribution in [0.5, 0.6) is 0 Å². The van der Waals surface area contributed by atoms with E-state index in [1.807, 2.05) is 0 Å². The predicted molar refractivity (Wildman–Crippen MR) is 110 cm³/mol. The van der Waals surface area contributed by atoms with Gasteiger partial charge < -0.3 is 0 Å². The number of benzene rings is 2. The second-order valence-corrected chi connectivity index (χ2v) is 9.00. The van der Waals surface area contributed by atoms with Crippen molar-refractivity contribution in [3.05, 3.63) is 103 Å². The van der Waals surface area contributed by atoms with E-state index in [1.54, 1.807) is 0 Å². The van der Waals surface area contributed by atoms with Crippen LogP contribution < -0.4 is 15.2 Å². The van der Waals surface area contributed by atoms with Crippen LogP contribution in [0.3, 0.4) is 0 Å². The molecular weight excluding hydrogens is 335 g/mol. The lowest BCUT2D eigenvalue weighted by Gasteiger charge is -2.27. The molecule has 4 rings (SSSR count). The summed E-state index contributed by atoms with van der Waals surface area (Å²) in [7, 11) is 1.55. The lowest BCUT2D eigenvalue weighted by Crippen LogP contribution is -2.25. The Morgan fingerprint density at radius 3 is 2.12 bits per heavy atom. The minimum absolute atomic E-state index is 0.388. The lowest BCUT2D eigenvalue weighted by molar-refractivity contribution is -0.671. The maximum atomic E-state index is 2.36. The van der Waals surface area contributed by atoms with Crippen LogP contribution in [0.15, 0.2) is 103 Å². The highest BCUT2D eigenvalue weighted by Crippen LogP contribution is 2.51. The lowest BCUT2D eigenvalue weighted by atomic mass is 10.0. The van der Waals surface area contributed by atoms with Gasteiger partial charge in [-0.2, -0.15) is 0 Å². The number of aryl methyl sites for hydroxylation is 1. The Morgan fingerprint density at radius 1 is 0.962 bits per heavy atom. The molecule has 1 heterocycles. The predicted octanol–water partition coefficient (Wildman–Crippen LogP) is 4.08. The van der Waals surface area contributed by atoms with E-state index in [9.17, 15) is 0 Å². The molecule has 0 radical (unpaired) electrons. The average Bonchev–Trinajstić information content (AvgIpc) is 3.33. The highest BCUT2D eigenvalue weighted by Gasteiger charge is 2.32. The molecule has 130 valence electrons. The Bertz CT molecular complexity index is 886. The monoisotopic (exact) mass is 359 g/mol. The van der Waals surface area contributed by atoms with Crippen LogP contribution in [0.2, 0.25) is 0 Å². The Labute approximate surface area is 156 Å². The van der Waals surface area contributed by atoms with E-state index < -0.39 is 7.92 Å². The van der Waals surface area contributed by atoms with Crippen molar-refractivity contribution in [3.8, 4) is 0 Å². The second kappa shape index (κ2) is 7.43. The van der Waals surface area contributed by atoms with E-state index in [4.69, 9.17) is 0 Å². The molecule has 0 saturated heterocycles. The van der Waals surface area contributed by atoms with Gasteiger partial charge in [0.25, 0.3) is 0 Å². The smallest absolute Gasteiger partial charge is 0.240 e. The normalized spacial score (nSPS) is 17.5. The van der Waals surface area contributed by atoms with E-state index in [0.29, 0.717) is 12.0 Å². The highest BCUT2D eigenvalue weighted by atomic mass is 31.1. The first kappa shape index (κ1) is 17.0. The molecule has 2 aromatic carbocycles. The molecule has 26 heavy (non-hydrogen) atoms. The number of aromatic nitrogens is 2. The van der Waals surface area contributed by atoms with Gasteiger partial charge >= 0.3 is 0 Å². The zero-order valence-corrected chi connectivity index (χ0v) is 16.1. The van der Waals surface area contributed by atoms with Gasteiger partial charge in [0.1, 0.15) is 18.4 Å².